The highest BCUT2D eigenvalue weighted by Gasteiger charge is 2.12. The molecule has 0 radical (unpaired) electrons. The summed E-state index contributed by atoms with van der Waals surface area (Å²) >= 11 is 0. The van der Waals surface area contributed by atoms with Gasteiger partial charge < -0.3 is 10.1 Å². The summed E-state index contributed by atoms with van der Waals surface area (Å²) in [5.74, 6) is 0.436. The molecule has 18 heavy (non-hydrogen) atoms. The standard InChI is InChI=1S/C10H13F2N5O/c1-2-3-13-10-15-8-6(4-14-17-8)9(16-10)18-5-7(11)12/h4,7H,2-3,5H2,1H3,(H2,13,14,15,16,17). The van der Waals surface area contributed by atoms with Crippen LogP contribution >= 0.6 is 0 Å². The van der Waals surface area contributed by atoms with E-state index in [2.05, 4.69) is 25.5 Å². The maximum Gasteiger partial charge on any atom is 0.272 e. The number of rotatable bonds is 6. The summed E-state index contributed by atoms with van der Waals surface area (Å²) in [4.78, 5) is 8.20. The molecular weight excluding hydrogens is 244 g/mol. The smallest absolute Gasteiger partial charge is 0.272 e. The van der Waals surface area contributed by atoms with Crippen LogP contribution in [0.3, 0.4) is 0 Å². The third-order valence-corrected chi connectivity index (χ3v) is 2.15. The summed E-state index contributed by atoms with van der Waals surface area (Å²) in [7, 11) is 0. The van der Waals surface area contributed by atoms with E-state index < -0.39 is 13.0 Å². The van der Waals surface area contributed by atoms with Gasteiger partial charge in [0.25, 0.3) is 6.43 Å². The van der Waals surface area contributed by atoms with Crippen LogP contribution in [-0.4, -0.2) is 39.7 Å². The van der Waals surface area contributed by atoms with E-state index in [1.807, 2.05) is 6.92 Å². The van der Waals surface area contributed by atoms with Crippen LogP contribution < -0.4 is 10.1 Å². The Bertz CT molecular complexity index is 516. The lowest BCUT2D eigenvalue weighted by atomic mass is 10.4. The first-order chi connectivity index (χ1) is 8.70. The van der Waals surface area contributed by atoms with Crippen LogP contribution in [0.5, 0.6) is 5.88 Å². The molecule has 2 N–H and O–H groups in total. The molecule has 0 aromatic carbocycles. The minimum atomic E-state index is -2.55. The zero-order chi connectivity index (χ0) is 13.0. The van der Waals surface area contributed by atoms with Crippen molar-refractivity contribution < 1.29 is 13.5 Å². The fraction of sp³-hybridized carbons (Fsp3) is 0.500. The predicted octanol–water partition coefficient (Wildman–Crippen LogP) is 1.82. The van der Waals surface area contributed by atoms with Crippen LogP contribution in [0.4, 0.5) is 14.7 Å². The molecule has 2 rings (SSSR count). The molecule has 0 unspecified atom stereocenters. The second-order valence-electron chi connectivity index (χ2n) is 3.61. The molecule has 6 nitrogen and oxygen atoms in total. The molecule has 0 fully saturated rings. The predicted molar refractivity (Wildman–Crippen MR) is 62.0 cm³/mol. The Hall–Kier alpha value is -1.99. The molecule has 2 aromatic heterocycles. The monoisotopic (exact) mass is 257 g/mol. The summed E-state index contributed by atoms with van der Waals surface area (Å²) in [6.07, 6.45) is -0.203. The first-order valence-electron chi connectivity index (χ1n) is 5.56. The van der Waals surface area contributed by atoms with Gasteiger partial charge in [-0.2, -0.15) is 15.1 Å². The maximum absolute atomic E-state index is 12.1. The van der Waals surface area contributed by atoms with Crippen molar-refractivity contribution in [3.63, 3.8) is 0 Å². The molecule has 0 saturated heterocycles. The lowest BCUT2D eigenvalue weighted by molar-refractivity contribution is 0.0804. The molecular formula is C10H13F2N5O. The third-order valence-electron chi connectivity index (χ3n) is 2.15. The van der Waals surface area contributed by atoms with Crippen LogP contribution in [0.25, 0.3) is 11.0 Å². The van der Waals surface area contributed by atoms with Crippen molar-refractivity contribution in [1.29, 1.82) is 0 Å². The number of hydrogen-bond acceptors (Lipinski definition) is 5. The van der Waals surface area contributed by atoms with E-state index in [1.165, 1.54) is 6.20 Å². The number of H-pyrrole nitrogens is 1. The number of hydrogen-bond donors (Lipinski definition) is 2. The van der Waals surface area contributed by atoms with Gasteiger partial charge in [-0.1, -0.05) is 6.92 Å². The first-order valence-corrected chi connectivity index (χ1v) is 5.56. The highest BCUT2D eigenvalue weighted by Crippen LogP contribution is 2.22. The molecule has 0 aliphatic carbocycles. The number of anilines is 1. The second-order valence-corrected chi connectivity index (χ2v) is 3.61. The van der Waals surface area contributed by atoms with E-state index in [0.717, 1.165) is 6.42 Å². The normalized spacial score (nSPS) is 11.1. The topological polar surface area (TPSA) is 75.7 Å². The molecule has 0 spiro atoms. The molecule has 0 bridgehead atoms. The lowest BCUT2D eigenvalue weighted by Gasteiger charge is -2.08. The minimum Gasteiger partial charge on any atom is -0.471 e. The third kappa shape index (κ3) is 2.82. The van der Waals surface area contributed by atoms with E-state index in [9.17, 15) is 8.78 Å². The number of aromatic amines is 1. The van der Waals surface area contributed by atoms with Gasteiger partial charge in [0.2, 0.25) is 11.8 Å². The van der Waals surface area contributed by atoms with Gasteiger partial charge >= 0.3 is 0 Å². The van der Waals surface area contributed by atoms with Crippen molar-refractivity contribution >= 4 is 17.0 Å². The fourth-order valence-corrected chi connectivity index (χ4v) is 1.38. The lowest BCUT2D eigenvalue weighted by Crippen LogP contribution is -2.10. The fourth-order valence-electron chi connectivity index (χ4n) is 1.38. The Morgan fingerprint density at radius 2 is 2.28 bits per heavy atom. The van der Waals surface area contributed by atoms with Gasteiger partial charge in [0.05, 0.1) is 6.20 Å². The number of aromatic nitrogens is 4. The van der Waals surface area contributed by atoms with Crippen LogP contribution in [0.15, 0.2) is 6.20 Å². The first kappa shape index (κ1) is 12.5. The van der Waals surface area contributed by atoms with Crippen LogP contribution in [0.2, 0.25) is 0 Å². The van der Waals surface area contributed by atoms with E-state index in [-0.39, 0.29) is 5.88 Å². The largest absolute Gasteiger partial charge is 0.471 e. The number of alkyl halides is 2. The van der Waals surface area contributed by atoms with Crippen LogP contribution in [0, 0.1) is 0 Å². The molecule has 98 valence electrons. The van der Waals surface area contributed by atoms with Crippen molar-refractivity contribution in [2.24, 2.45) is 0 Å². The van der Waals surface area contributed by atoms with Crippen molar-refractivity contribution in [2.45, 2.75) is 19.8 Å². The molecule has 0 atom stereocenters. The van der Waals surface area contributed by atoms with Crippen LogP contribution in [0.1, 0.15) is 13.3 Å². The van der Waals surface area contributed by atoms with Crippen molar-refractivity contribution in [3.8, 4) is 5.88 Å². The Morgan fingerprint density at radius 3 is 3.00 bits per heavy atom. The van der Waals surface area contributed by atoms with Crippen LogP contribution in [-0.2, 0) is 0 Å². The van der Waals surface area contributed by atoms with Gasteiger partial charge in [0.1, 0.15) is 5.39 Å². The number of halogens is 2. The summed E-state index contributed by atoms with van der Waals surface area (Å²) in [5.41, 5.74) is 0.452. The number of ether oxygens (including phenoxy) is 1. The average molecular weight is 257 g/mol. The SMILES string of the molecule is CCCNc1nc(OCC(F)F)c2cn[nH]c2n1. The summed E-state index contributed by atoms with van der Waals surface area (Å²) in [5, 5.41) is 9.89. The summed E-state index contributed by atoms with van der Waals surface area (Å²) < 4.78 is 29.2. The van der Waals surface area contributed by atoms with Gasteiger partial charge in [-0.15, -0.1) is 0 Å². The Kier molecular flexibility index (Phi) is 3.85. The molecule has 8 heteroatoms. The molecule has 0 aliphatic heterocycles. The van der Waals surface area contributed by atoms with E-state index in [4.69, 9.17) is 4.74 Å². The van der Waals surface area contributed by atoms with Gasteiger partial charge in [0.15, 0.2) is 12.3 Å². The number of fused-ring (bicyclic) bond motifs is 1. The zero-order valence-corrected chi connectivity index (χ0v) is 9.78. The summed E-state index contributed by atoms with van der Waals surface area (Å²) in [6, 6.07) is 0. The molecule has 0 aliphatic rings. The van der Waals surface area contributed by atoms with Gasteiger partial charge in [-0.3, -0.25) is 5.10 Å². The van der Waals surface area contributed by atoms with Gasteiger partial charge in [0, 0.05) is 6.54 Å². The quantitative estimate of drug-likeness (QED) is 0.825. The number of nitrogens with one attached hydrogen (secondary N) is 2. The number of nitrogens with zero attached hydrogens (tertiary/aromatic N) is 3. The van der Waals surface area contributed by atoms with Crippen molar-refractivity contribution in [3.05, 3.63) is 6.20 Å². The van der Waals surface area contributed by atoms with E-state index in [0.29, 0.717) is 23.5 Å². The van der Waals surface area contributed by atoms with Gasteiger partial charge in [-0.05, 0) is 6.42 Å². The highest BCUT2D eigenvalue weighted by atomic mass is 19.3. The Labute approximate surface area is 102 Å². The molecule has 0 amide bonds. The van der Waals surface area contributed by atoms with Gasteiger partial charge in [-0.25, -0.2) is 8.78 Å². The van der Waals surface area contributed by atoms with E-state index in [1.54, 1.807) is 0 Å². The summed E-state index contributed by atoms with van der Waals surface area (Å²) in [6.45, 7) is 1.98. The minimum absolute atomic E-state index is 0.104. The molecule has 2 heterocycles. The van der Waals surface area contributed by atoms with Crippen molar-refractivity contribution in [1.82, 2.24) is 20.2 Å². The zero-order valence-electron chi connectivity index (χ0n) is 9.78. The van der Waals surface area contributed by atoms with E-state index >= 15 is 0 Å². The average Bonchev–Trinajstić information content (AvgIpc) is 2.81. The Balaban J connectivity index is 2.26. The molecule has 0 saturated carbocycles. The molecule has 2 aromatic rings. The highest BCUT2D eigenvalue weighted by molar-refractivity contribution is 5.80. The Morgan fingerprint density at radius 1 is 1.44 bits per heavy atom. The second kappa shape index (κ2) is 5.56. The maximum atomic E-state index is 12.1. The van der Waals surface area contributed by atoms with Crippen molar-refractivity contribution in [2.75, 3.05) is 18.5 Å².